The zero-order valence-corrected chi connectivity index (χ0v) is 10.5. The quantitative estimate of drug-likeness (QED) is 0.757. The highest BCUT2D eigenvalue weighted by Gasteiger charge is 2.29. The van der Waals surface area contributed by atoms with Crippen LogP contribution in [0.5, 0.6) is 0 Å². The van der Waals surface area contributed by atoms with Crippen LogP contribution in [0.15, 0.2) is 0 Å². The molecule has 2 unspecified atom stereocenters. The predicted molar refractivity (Wildman–Crippen MR) is 63.9 cm³/mol. The van der Waals surface area contributed by atoms with Gasteiger partial charge in [-0.1, -0.05) is 27.7 Å². The van der Waals surface area contributed by atoms with E-state index < -0.39 is 0 Å². The number of hydrogen-bond donors (Lipinski definition) is 1. The monoisotopic (exact) mass is 211 g/mol. The Bertz CT molecular complexity index is 211. The fourth-order valence-electron chi connectivity index (χ4n) is 2.47. The van der Waals surface area contributed by atoms with E-state index >= 15 is 0 Å². The van der Waals surface area contributed by atoms with Crippen molar-refractivity contribution in [1.82, 2.24) is 5.32 Å². The summed E-state index contributed by atoms with van der Waals surface area (Å²) in [6.45, 7) is 8.58. The summed E-state index contributed by atoms with van der Waals surface area (Å²) in [5.41, 5.74) is 0. The van der Waals surface area contributed by atoms with Crippen molar-refractivity contribution in [1.29, 1.82) is 0 Å². The highest BCUT2D eigenvalue weighted by Crippen LogP contribution is 2.28. The normalized spacial score (nSPS) is 26.5. The summed E-state index contributed by atoms with van der Waals surface area (Å²) in [6.07, 6.45) is 4.09. The van der Waals surface area contributed by atoms with Crippen molar-refractivity contribution >= 4 is 5.78 Å². The maximum Gasteiger partial charge on any atom is 0.136 e. The number of hydrogen-bond acceptors (Lipinski definition) is 2. The molecule has 1 fully saturated rings. The summed E-state index contributed by atoms with van der Waals surface area (Å²) >= 11 is 0. The second-order valence-electron chi connectivity index (χ2n) is 5.59. The first-order valence-electron chi connectivity index (χ1n) is 6.27. The van der Waals surface area contributed by atoms with Crippen LogP contribution in [0.1, 0.15) is 53.4 Å². The zero-order valence-electron chi connectivity index (χ0n) is 10.5. The molecule has 2 nitrogen and oxygen atoms in total. The molecule has 0 aliphatic heterocycles. The maximum absolute atomic E-state index is 11.9. The van der Waals surface area contributed by atoms with Crippen molar-refractivity contribution in [2.75, 3.05) is 0 Å². The predicted octanol–water partition coefficient (Wildman–Crippen LogP) is 2.77. The molecule has 0 aromatic heterocycles. The Kier molecular flexibility index (Phi) is 4.78. The van der Waals surface area contributed by atoms with Crippen LogP contribution in [0.4, 0.5) is 0 Å². The largest absolute Gasteiger partial charge is 0.312 e. The van der Waals surface area contributed by atoms with E-state index in [-0.39, 0.29) is 0 Å². The summed E-state index contributed by atoms with van der Waals surface area (Å²) < 4.78 is 0. The zero-order chi connectivity index (χ0) is 11.4. The topological polar surface area (TPSA) is 29.1 Å². The summed E-state index contributed by atoms with van der Waals surface area (Å²) in [5, 5.41) is 3.53. The molecule has 0 amide bonds. The summed E-state index contributed by atoms with van der Waals surface area (Å²) in [6, 6.07) is 1.11. The van der Waals surface area contributed by atoms with Crippen molar-refractivity contribution in [3.63, 3.8) is 0 Å². The van der Waals surface area contributed by atoms with E-state index in [9.17, 15) is 4.79 Å². The number of nitrogens with one attached hydrogen (secondary N) is 1. The number of ketones is 1. The summed E-state index contributed by atoms with van der Waals surface area (Å²) in [7, 11) is 0. The molecule has 1 rings (SSSR count). The Morgan fingerprint density at radius 1 is 1.27 bits per heavy atom. The minimum absolute atomic E-state index is 0.337. The Morgan fingerprint density at radius 2 is 1.93 bits per heavy atom. The van der Waals surface area contributed by atoms with Gasteiger partial charge in [0, 0.05) is 24.4 Å². The van der Waals surface area contributed by atoms with Crippen LogP contribution in [0.25, 0.3) is 0 Å². The average Bonchev–Trinajstić information content (AvgIpc) is 2.50. The van der Waals surface area contributed by atoms with E-state index in [1.165, 1.54) is 6.42 Å². The van der Waals surface area contributed by atoms with Gasteiger partial charge < -0.3 is 5.32 Å². The van der Waals surface area contributed by atoms with Gasteiger partial charge in [-0.15, -0.1) is 0 Å². The smallest absolute Gasteiger partial charge is 0.136 e. The molecule has 2 heteroatoms. The Labute approximate surface area is 93.8 Å². The van der Waals surface area contributed by atoms with E-state index in [1.54, 1.807) is 0 Å². The molecule has 0 bridgehead atoms. The van der Waals surface area contributed by atoms with Crippen LogP contribution in [0.3, 0.4) is 0 Å². The van der Waals surface area contributed by atoms with Crippen LogP contribution in [0, 0.1) is 11.8 Å². The summed E-state index contributed by atoms with van der Waals surface area (Å²) in [4.78, 5) is 11.9. The fraction of sp³-hybridized carbons (Fsp3) is 0.923. The van der Waals surface area contributed by atoms with Gasteiger partial charge in [0.25, 0.3) is 0 Å². The second-order valence-corrected chi connectivity index (χ2v) is 5.59. The molecule has 0 spiro atoms. The van der Waals surface area contributed by atoms with Gasteiger partial charge in [0.05, 0.1) is 0 Å². The fourth-order valence-corrected chi connectivity index (χ4v) is 2.47. The molecule has 88 valence electrons. The SMILES string of the molecule is CC(C)CC(=O)C1CCC(NC(C)C)C1. The van der Waals surface area contributed by atoms with Gasteiger partial charge in [-0.3, -0.25) is 4.79 Å². The second kappa shape index (κ2) is 5.64. The molecule has 0 heterocycles. The Morgan fingerprint density at radius 3 is 2.47 bits per heavy atom. The van der Waals surface area contributed by atoms with E-state index in [0.717, 1.165) is 19.3 Å². The molecule has 2 atom stereocenters. The van der Waals surface area contributed by atoms with Crippen molar-refractivity contribution in [3.8, 4) is 0 Å². The molecule has 1 saturated carbocycles. The van der Waals surface area contributed by atoms with Gasteiger partial charge >= 0.3 is 0 Å². The average molecular weight is 211 g/mol. The Hall–Kier alpha value is -0.370. The first-order chi connectivity index (χ1) is 6.99. The molecule has 0 saturated heterocycles. The highest BCUT2D eigenvalue weighted by molar-refractivity contribution is 5.81. The van der Waals surface area contributed by atoms with Crippen LogP contribution < -0.4 is 5.32 Å². The van der Waals surface area contributed by atoms with Crippen LogP contribution in [0.2, 0.25) is 0 Å². The van der Waals surface area contributed by atoms with Gasteiger partial charge in [0.15, 0.2) is 0 Å². The van der Waals surface area contributed by atoms with E-state index in [1.807, 2.05) is 0 Å². The number of carbonyl (C=O) groups is 1. The lowest BCUT2D eigenvalue weighted by Crippen LogP contribution is -2.33. The van der Waals surface area contributed by atoms with Gasteiger partial charge in [-0.25, -0.2) is 0 Å². The van der Waals surface area contributed by atoms with Gasteiger partial charge in [0.2, 0.25) is 0 Å². The third-order valence-corrected chi connectivity index (χ3v) is 3.07. The molecule has 1 aliphatic carbocycles. The van der Waals surface area contributed by atoms with Crippen LogP contribution in [-0.2, 0) is 4.79 Å². The minimum atomic E-state index is 0.337. The van der Waals surface area contributed by atoms with Crippen molar-refractivity contribution in [2.24, 2.45) is 11.8 Å². The number of rotatable bonds is 5. The third-order valence-electron chi connectivity index (χ3n) is 3.07. The highest BCUT2D eigenvalue weighted by atomic mass is 16.1. The van der Waals surface area contributed by atoms with Gasteiger partial charge in [-0.05, 0) is 25.2 Å². The van der Waals surface area contributed by atoms with Gasteiger partial charge in [-0.2, -0.15) is 0 Å². The third kappa shape index (κ3) is 4.33. The van der Waals surface area contributed by atoms with Gasteiger partial charge in [0.1, 0.15) is 5.78 Å². The standard InChI is InChI=1S/C13H25NO/c1-9(2)7-13(15)11-5-6-12(8-11)14-10(3)4/h9-12,14H,5-8H2,1-4H3. The van der Waals surface area contributed by atoms with Crippen molar-refractivity contribution < 1.29 is 4.79 Å². The lowest BCUT2D eigenvalue weighted by atomic mass is 9.95. The molecule has 0 radical (unpaired) electrons. The van der Waals surface area contributed by atoms with Crippen molar-refractivity contribution in [2.45, 2.75) is 65.5 Å². The molecule has 0 aromatic carbocycles. The molecule has 1 N–H and O–H groups in total. The molecular formula is C13H25NO. The Balaban J connectivity index is 2.32. The van der Waals surface area contributed by atoms with E-state index in [0.29, 0.717) is 29.7 Å². The molecule has 1 aliphatic rings. The lowest BCUT2D eigenvalue weighted by Gasteiger charge is -2.16. The molecule has 0 aromatic rings. The van der Waals surface area contributed by atoms with Crippen LogP contribution >= 0.6 is 0 Å². The van der Waals surface area contributed by atoms with E-state index in [2.05, 4.69) is 33.0 Å². The van der Waals surface area contributed by atoms with Crippen LogP contribution in [-0.4, -0.2) is 17.9 Å². The minimum Gasteiger partial charge on any atom is -0.312 e. The van der Waals surface area contributed by atoms with E-state index in [4.69, 9.17) is 0 Å². The first-order valence-corrected chi connectivity index (χ1v) is 6.27. The molecule has 15 heavy (non-hydrogen) atoms. The number of carbonyl (C=O) groups excluding carboxylic acids is 1. The summed E-state index contributed by atoms with van der Waals surface area (Å²) in [5.74, 6) is 1.33. The first kappa shape index (κ1) is 12.7. The maximum atomic E-state index is 11.9. The lowest BCUT2D eigenvalue weighted by molar-refractivity contribution is -0.123. The van der Waals surface area contributed by atoms with Crippen molar-refractivity contribution in [3.05, 3.63) is 0 Å². The number of Topliss-reactive ketones (excluding diaryl/α,β-unsaturated/α-hetero) is 1. The molecular weight excluding hydrogens is 186 g/mol.